The number of thiol groups is 1. The standard InChI is InChI=1S/C9H8F2N2S/c1-13(3-2-12)6-4-7(10)9(14)8(11)5-6/h4-5,14H,3H2,1H3. The third kappa shape index (κ3) is 2.15. The van der Waals surface area contributed by atoms with Crippen LogP contribution < -0.4 is 4.90 Å². The fourth-order valence-corrected chi connectivity index (χ4v) is 1.10. The highest BCUT2D eigenvalue weighted by molar-refractivity contribution is 7.80. The maximum atomic E-state index is 13.0. The second kappa shape index (κ2) is 4.29. The minimum Gasteiger partial charge on any atom is -0.361 e. The van der Waals surface area contributed by atoms with E-state index in [0.29, 0.717) is 5.69 Å². The molecule has 0 unspecified atom stereocenters. The Kier molecular flexibility index (Phi) is 3.31. The molecule has 0 aliphatic heterocycles. The number of hydrogen-bond donors (Lipinski definition) is 1. The van der Waals surface area contributed by atoms with Crippen LogP contribution in [-0.4, -0.2) is 13.6 Å². The largest absolute Gasteiger partial charge is 0.361 e. The molecule has 0 aliphatic rings. The van der Waals surface area contributed by atoms with Crippen molar-refractivity contribution in [3.05, 3.63) is 23.8 Å². The molecule has 0 amide bonds. The van der Waals surface area contributed by atoms with Crippen LogP contribution in [-0.2, 0) is 0 Å². The zero-order valence-electron chi connectivity index (χ0n) is 7.46. The quantitative estimate of drug-likeness (QED) is 0.603. The van der Waals surface area contributed by atoms with E-state index in [1.807, 2.05) is 6.07 Å². The second-order valence-electron chi connectivity index (χ2n) is 2.77. The maximum Gasteiger partial charge on any atom is 0.141 e. The summed E-state index contributed by atoms with van der Waals surface area (Å²) in [5, 5.41) is 8.40. The lowest BCUT2D eigenvalue weighted by Gasteiger charge is -2.15. The third-order valence-electron chi connectivity index (χ3n) is 1.75. The highest BCUT2D eigenvalue weighted by Gasteiger charge is 2.09. The third-order valence-corrected chi connectivity index (χ3v) is 2.18. The molecule has 0 bridgehead atoms. The number of rotatable bonds is 2. The van der Waals surface area contributed by atoms with Crippen molar-refractivity contribution in [3.63, 3.8) is 0 Å². The van der Waals surface area contributed by atoms with Crippen LogP contribution in [0.2, 0.25) is 0 Å². The summed E-state index contributed by atoms with van der Waals surface area (Å²) in [5.41, 5.74) is 0.319. The first-order valence-electron chi connectivity index (χ1n) is 3.82. The molecule has 1 aromatic carbocycles. The van der Waals surface area contributed by atoms with Crippen LogP contribution in [0.25, 0.3) is 0 Å². The van der Waals surface area contributed by atoms with Crippen LogP contribution in [0.3, 0.4) is 0 Å². The first-order chi connectivity index (χ1) is 6.56. The molecule has 74 valence electrons. The SMILES string of the molecule is CN(CC#N)c1cc(F)c(S)c(F)c1. The number of halogens is 2. The number of nitrogens with zero attached hydrogens (tertiary/aromatic N) is 2. The molecule has 0 aromatic heterocycles. The summed E-state index contributed by atoms with van der Waals surface area (Å²) < 4.78 is 26.0. The Morgan fingerprint density at radius 2 is 1.93 bits per heavy atom. The van der Waals surface area contributed by atoms with Gasteiger partial charge in [0.2, 0.25) is 0 Å². The molecule has 2 nitrogen and oxygen atoms in total. The number of hydrogen-bond acceptors (Lipinski definition) is 3. The molecule has 0 N–H and O–H groups in total. The Labute approximate surface area is 86.2 Å². The van der Waals surface area contributed by atoms with Gasteiger partial charge in [-0.1, -0.05) is 0 Å². The molecular formula is C9H8F2N2S. The number of benzene rings is 1. The molecule has 5 heteroatoms. The van der Waals surface area contributed by atoms with Gasteiger partial charge >= 0.3 is 0 Å². The summed E-state index contributed by atoms with van der Waals surface area (Å²) in [6.45, 7) is 0.0742. The van der Waals surface area contributed by atoms with Gasteiger partial charge in [-0.2, -0.15) is 5.26 Å². The smallest absolute Gasteiger partial charge is 0.141 e. The highest BCUT2D eigenvalue weighted by atomic mass is 32.1. The van der Waals surface area contributed by atoms with Crippen molar-refractivity contribution >= 4 is 18.3 Å². The number of nitriles is 1. The monoisotopic (exact) mass is 214 g/mol. The summed E-state index contributed by atoms with van der Waals surface area (Å²) >= 11 is 3.65. The lowest BCUT2D eigenvalue weighted by atomic mass is 10.2. The predicted molar refractivity (Wildman–Crippen MR) is 52.5 cm³/mol. The summed E-state index contributed by atoms with van der Waals surface area (Å²) in [6.07, 6.45) is 0. The molecule has 14 heavy (non-hydrogen) atoms. The predicted octanol–water partition coefficient (Wildman–Crippen LogP) is 2.21. The van der Waals surface area contributed by atoms with Gasteiger partial charge in [0, 0.05) is 12.7 Å². The molecular weight excluding hydrogens is 206 g/mol. The molecule has 0 heterocycles. The lowest BCUT2D eigenvalue weighted by Crippen LogP contribution is -2.17. The van der Waals surface area contributed by atoms with E-state index in [1.165, 1.54) is 4.90 Å². The van der Waals surface area contributed by atoms with Gasteiger partial charge < -0.3 is 4.90 Å². The van der Waals surface area contributed by atoms with Gasteiger partial charge in [-0.25, -0.2) is 8.78 Å². The van der Waals surface area contributed by atoms with Crippen molar-refractivity contribution < 1.29 is 8.78 Å². The van der Waals surface area contributed by atoms with Crippen molar-refractivity contribution in [1.29, 1.82) is 5.26 Å². The fourth-order valence-electron chi connectivity index (χ4n) is 0.970. The molecule has 0 atom stereocenters. The van der Waals surface area contributed by atoms with E-state index in [2.05, 4.69) is 12.6 Å². The van der Waals surface area contributed by atoms with E-state index < -0.39 is 11.6 Å². The topological polar surface area (TPSA) is 27.0 Å². The van der Waals surface area contributed by atoms with Gasteiger partial charge in [0.1, 0.15) is 18.2 Å². The van der Waals surface area contributed by atoms with Crippen molar-refractivity contribution in [2.45, 2.75) is 4.90 Å². The van der Waals surface area contributed by atoms with Crippen LogP contribution in [0.15, 0.2) is 17.0 Å². The van der Waals surface area contributed by atoms with Crippen LogP contribution in [0, 0.1) is 23.0 Å². The Morgan fingerprint density at radius 3 is 2.36 bits per heavy atom. The second-order valence-corrected chi connectivity index (χ2v) is 3.22. The molecule has 0 radical (unpaired) electrons. The molecule has 0 saturated carbocycles. The summed E-state index contributed by atoms with van der Waals surface area (Å²) in [6, 6.07) is 4.16. The minimum atomic E-state index is -0.729. The van der Waals surface area contributed by atoms with Gasteiger partial charge in [-0.3, -0.25) is 0 Å². The van der Waals surface area contributed by atoms with Crippen molar-refractivity contribution in [2.75, 3.05) is 18.5 Å². The Bertz CT molecular complexity index is 364. The van der Waals surface area contributed by atoms with Crippen LogP contribution in [0.4, 0.5) is 14.5 Å². The van der Waals surface area contributed by atoms with E-state index in [4.69, 9.17) is 5.26 Å². The van der Waals surface area contributed by atoms with Crippen LogP contribution in [0.1, 0.15) is 0 Å². The normalized spacial score (nSPS) is 9.64. The molecule has 0 spiro atoms. The van der Waals surface area contributed by atoms with Gasteiger partial charge in [-0.15, -0.1) is 12.6 Å². The average Bonchev–Trinajstić information content (AvgIpc) is 2.13. The van der Waals surface area contributed by atoms with Gasteiger partial charge in [0.15, 0.2) is 0 Å². The first kappa shape index (κ1) is 10.8. The van der Waals surface area contributed by atoms with Gasteiger partial charge in [0.05, 0.1) is 11.0 Å². The maximum absolute atomic E-state index is 13.0. The van der Waals surface area contributed by atoms with E-state index in [-0.39, 0.29) is 11.4 Å². The molecule has 0 aliphatic carbocycles. The van der Waals surface area contributed by atoms with E-state index >= 15 is 0 Å². The summed E-state index contributed by atoms with van der Waals surface area (Å²) in [5.74, 6) is -1.46. The van der Waals surface area contributed by atoms with E-state index in [1.54, 1.807) is 7.05 Å². The van der Waals surface area contributed by atoms with Crippen molar-refractivity contribution in [2.24, 2.45) is 0 Å². The van der Waals surface area contributed by atoms with Gasteiger partial charge in [-0.05, 0) is 12.1 Å². The average molecular weight is 214 g/mol. The Morgan fingerprint density at radius 1 is 1.43 bits per heavy atom. The Hall–Kier alpha value is -1.28. The molecule has 0 fully saturated rings. The summed E-state index contributed by atoms with van der Waals surface area (Å²) in [7, 11) is 1.58. The van der Waals surface area contributed by atoms with Crippen LogP contribution >= 0.6 is 12.6 Å². The number of anilines is 1. The molecule has 1 rings (SSSR count). The zero-order chi connectivity index (χ0) is 10.7. The zero-order valence-corrected chi connectivity index (χ0v) is 8.35. The lowest BCUT2D eigenvalue weighted by molar-refractivity contribution is 0.541. The van der Waals surface area contributed by atoms with Crippen molar-refractivity contribution in [1.82, 2.24) is 0 Å². The minimum absolute atomic E-state index is 0.0742. The molecule has 0 saturated heterocycles. The fraction of sp³-hybridized carbons (Fsp3) is 0.222. The van der Waals surface area contributed by atoms with Crippen molar-refractivity contribution in [3.8, 4) is 6.07 Å². The first-order valence-corrected chi connectivity index (χ1v) is 4.27. The summed E-state index contributed by atoms with van der Waals surface area (Å²) in [4.78, 5) is 1.14. The molecule has 1 aromatic rings. The van der Waals surface area contributed by atoms with E-state index in [9.17, 15) is 8.78 Å². The van der Waals surface area contributed by atoms with Gasteiger partial charge in [0.25, 0.3) is 0 Å². The Balaban J connectivity index is 3.07. The van der Waals surface area contributed by atoms with Crippen LogP contribution in [0.5, 0.6) is 0 Å². The highest BCUT2D eigenvalue weighted by Crippen LogP contribution is 2.23. The van der Waals surface area contributed by atoms with E-state index in [0.717, 1.165) is 12.1 Å².